The van der Waals surface area contributed by atoms with Gasteiger partial charge in [0.05, 0.1) is 25.1 Å². The van der Waals surface area contributed by atoms with E-state index < -0.39 is 29.0 Å². The highest BCUT2D eigenvalue weighted by molar-refractivity contribution is 7.89. The van der Waals surface area contributed by atoms with Gasteiger partial charge in [-0.3, -0.25) is 4.79 Å². The van der Waals surface area contributed by atoms with Gasteiger partial charge in [0.15, 0.2) is 0 Å². The summed E-state index contributed by atoms with van der Waals surface area (Å²) in [6.07, 6.45) is 0.274. The summed E-state index contributed by atoms with van der Waals surface area (Å²) < 4.78 is 57.4. The highest BCUT2D eigenvalue weighted by Gasteiger charge is 2.29. The number of halogens is 3. The first-order chi connectivity index (χ1) is 11.1. The van der Waals surface area contributed by atoms with Gasteiger partial charge in [-0.15, -0.1) is 12.4 Å². The number of amides is 1. The van der Waals surface area contributed by atoms with Crippen LogP contribution in [0.5, 0.6) is 5.75 Å². The fourth-order valence-corrected chi connectivity index (χ4v) is 2.85. The van der Waals surface area contributed by atoms with Gasteiger partial charge in [0.25, 0.3) is 5.92 Å². The van der Waals surface area contributed by atoms with Crippen molar-refractivity contribution in [1.29, 1.82) is 0 Å². The van der Waals surface area contributed by atoms with Crippen LogP contribution in [0.1, 0.15) is 18.9 Å². The largest absolute Gasteiger partial charge is 0.496 e. The Kier molecular flexibility index (Phi) is 9.27. The zero-order valence-electron chi connectivity index (χ0n) is 13.8. The summed E-state index contributed by atoms with van der Waals surface area (Å²) in [6, 6.07) is 3.88. The second kappa shape index (κ2) is 9.85. The Morgan fingerprint density at radius 3 is 2.52 bits per heavy atom. The van der Waals surface area contributed by atoms with E-state index in [1.54, 1.807) is 6.92 Å². The van der Waals surface area contributed by atoms with Crippen molar-refractivity contribution < 1.29 is 26.7 Å². The molecule has 4 N–H and O–H groups in total. The van der Waals surface area contributed by atoms with E-state index in [2.05, 4.69) is 5.32 Å². The summed E-state index contributed by atoms with van der Waals surface area (Å²) in [7, 11) is -2.75. The molecule has 0 fully saturated rings. The molecule has 1 aromatic carbocycles. The van der Waals surface area contributed by atoms with E-state index in [4.69, 9.17) is 10.5 Å². The number of alkyl halides is 2. The second-order valence-corrected chi connectivity index (χ2v) is 6.76. The number of carbonyl (C=O) groups is 1. The molecule has 0 radical (unpaired) electrons. The molecule has 0 atom stereocenters. The maximum Gasteiger partial charge on any atom is 0.273 e. The average Bonchev–Trinajstić information content (AvgIpc) is 2.57. The van der Waals surface area contributed by atoms with E-state index in [0.717, 1.165) is 0 Å². The molecule has 0 spiro atoms. The van der Waals surface area contributed by atoms with Crippen molar-refractivity contribution in [3.8, 4) is 5.75 Å². The Hall–Kier alpha value is -1.49. The molecule has 0 heterocycles. The summed E-state index contributed by atoms with van der Waals surface area (Å²) in [5.74, 6) is -3.18. The maximum atomic E-state index is 13.1. The number of carbonyl (C=O) groups excluding carboxylic acids is 1. The third-order valence-electron chi connectivity index (χ3n) is 3.18. The van der Waals surface area contributed by atoms with Gasteiger partial charge in [0, 0.05) is 18.5 Å². The lowest BCUT2D eigenvalue weighted by molar-refractivity contribution is -0.120. The maximum absolute atomic E-state index is 13.1. The third kappa shape index (κ3) is 7.10. The van der Waals surface area contributed by atoms with Gasteiger partial charge in [-0.1, -0.05) is 6.92 Å². The Morgan fingerprint density at radius 2 is 2.00 bits per heavy atom. The lowest BCUT2D eigenvalue weighted by atomic mass is 10.2. The molecule has 144 valence electrons. The van der Waals surface area contributed by atoms with E-state index in [1.807, 2.05) is 4.72 Å². The minimum Gasteiger partial charge on any atom is -0.496 e. The normalized spacial score (nSPS) is 11.6. The molecule has 0 unspecified atom stereocenters. The van der Waals surface area contributed by atoms with E-state index in [0.29, 0.717) is 11.3 Å². The molecular formula is C14H22ClF2N3O4S. The highest BCUT2D eigenvalue weighted by Crippen LogP contribution is 2.23. The Bertz CT molecular complexity index is 687. The third-order valence-corrected chi connectivity index (χ3v) is 4.58. The van der Waals surface area contributed by atoms with Crippen LogP contribution in [0, 0.1) is 0 Å². The van der Waals surface area contributed by atoms with Crippen LogP contribution in [0.4, 0.5) is 8.78 Å². The van der Waals surface area contributed by atoms with Gasteiger partial charge >= 0.3 is 0 Å². The van der Waals surface area contributed by atoms with Gasteiger partial charge in [-0.05, 0) is 18.2 Å². The van der Waals surface area contributed by atoms with Gasteiger partial charge in [0.1, 0.15) is 5.75 Å². The van der Waals surface area contributed by atoms with Crippen LogP contribution >= 0.6 is 12.4 Å². The van der Waals surface area contributed by atoms with Crippen LogP contribution in [-0.2, 0) is 21.4 Å². The summed E-state index contributed by atoms with van der Waals surface area (Å²) >= 11 is 0. The van der Waals surface area contributed by atoms with Gasteiger partial charge in [-0.25, -0.2) is 21.9 Å². The monoisotopic (exact) mass is 401 g/mol. The molecule has 0 bridgehead atoms. The molecular weight excluding hydrogens is 380 g/mol. The summed E-state index contributed by atoms with van der Waals surface area (Å²) in [5, 5.41) is 2.60. The van der Waals surface area contributed by atoms with Crippen molar-refractivity contribution >= 4 is 28.3 Å². The first-order valence-corrected chi connectivity index (χ1v) is 8.64. The van der Waals surface area contributed by atoms with Gasteiger partial charge < -0.3 is 15.8 Å². The van der Waals surface area contributed by atoms with Crippen molar-refractivity contribution in [2.45, 2.75) is 30.7 Å². The van der Waals surface area contributed by atoms with Crippen LogP contribution in [0.2, 0.25) is 0 Å². The van der Waals surface area contributed by atoms with E-state index in [9.17, 15) is 22.0 Å². The van der Waals surface area contributed by atoms with Crippen LogP contribution in [0.25, 0.3) is 0 Å². The average molecular weight is 402 g/mol. The standard InChI is InChI=1S/C14H21F2N3O4S.ClH/c1-3-13(20)18-7-10-6-11(4-5-12(10)23-2)24(21,22)19-9-14(15,16)8-17;/h4-6,19H,3,7-9,17H2,1-2H3,(H,18,20);1H. The molecule has 1 aromatic rings. The molecule has 0 aliphatic heterocycles. The molecule has 0 aromatic heterocycles. The van der Waals surface area contributed by atoms with E-state index in [-0.39, 0.29) is 36.2 Å². The lowest BCUT2D eigenvalue weighted by Crippen LogP contribution is -2.41. The summed E-state index contributed by atoms with van der Waals surface area (Å²) in [5.41, 5.74) is 5.29. The van der Waals surface area contributed by atoms with Crippen molar-refractivity contribution in [2.24, 2.45) is 5.73 Å². The SMILES string of the molecule is CCC(=O)NCc1cc(S(=O)(=O)NCC(F)(F)CN)ccc1OC.Cl. The van der Waals surface area contributed by atoms with Crippen molar-refractivity contribution in [3.05, 3.63) is 23.8 Å². The fourth-order valence-electron chi connectivity index (χ4n) is 1.74. The molecule has 0 saturated heterocycles. The molecule has 1 rings (SSSR count). The predicted molar refractivity (Wildman–Crippen MR) is 91.6 cm³/mol. The number of methoxy groups -OCH3 is 1. The highest BCUT2D eigenvalue weighted by atomic mass is 35.5. The van der Waals surface area contributed by atoms with Crippen LogP contribution in [0.15, 0.2) is 23.1 Å². The molecule has 0 aliphatic carbocycles. The smallest absolute Gasteiger partial charge is 0.273 e. The molecule has 7 nitrogen and oxygen atoms in total. The number of benzene rings is 1. The van der Waals surface area contributed by atoms with Crippen molar-refractivity contribution in [3.63, 3.8) is 0 Å². The number of hydrogen-bond donors (Lipinski definition) is 3. The first-order valence-electron chi connectivity index (χ1n) is 7.16. The summed E-state index contributed by atoms with van der Waals surface area (Å²) in [6.45, 7) is -0.334. The van der Waals surface area contributed by atoms with E-state index in [1.165, 1.54) is 25.3 Å². The van der Waals surface area contributed by atoms with Gasteiger partial charge in [0.2, 0.25) is 15.9 Å². The predicted octanol–water partition coefficient (Wildman–Crippen LogP) is 1.02. The Labute approximate surface area is 151 Å². The Morgan fingerprint density at radius 1 is 1.36 bits per heavy atom. The van der Waals surface area contributed by atoms with Crippen molar-refractivity contribution in [1.82, 2.24) is 10.0 Å². The zero-order chi connectivity index (χ0) is 18.4. The topological polar surface area (TPSA) is 111 Å². The second-order valence-electron chi connectivity index (χ2n) is 4.99. The van der Waals surface area contributed by atoms with E-state index >= 15 is 0 Å². The molecule has 1 amide bonds. The number of hydrogen-bond acceptors (Lipinski definition) is 5. The van der Waals surface area contributed by atoms with Crippen LogP contribution in [0.3, 0.4) is 0 Å². The van der Waals surface area contributed by atoms with Gasteiger partial charge in [-0.2, -0.15) is 0 Å². The number of ether oxygens (including phenoxy) is 1. The lowest BCUT2D eigenvalue weighted by Gasteiger charge is -2.16. The van der Waals surface area contributed by atoms with Crippen LogP contribution < -0.4 is 20.5 Å². The Balaban J connectivity index is 0.00000576. The molecule has 25 heavy (non-hydrogen) atoms. The molecule has 11 heteroatoms. The molecule has 0 aliphatic rings. The minimum atomic E-state index is -4.15. The zero-order valence-corrected chi connectivity index (χ0v) is 15.5. The quantitative estimate of drug-likeness (QED) is 0.572. The number of nitrogens with one attached hydrogen (secondary N) is 2. The fraction of sp³-hybridized carbons (Fsp3) is 0.500. The number of nitrogens with two attached hydrogens (primary N) is 1. The number of rotatable bonds is 9. The minimum absolute atomic E-state index is 0. The number of sulfonamides is 1. The van der Waals surface area contributed by atoms with Crippen molar-refractivity contribution in [2.75, 3.05) is 20.2 Å². The van der Waals surface area contributed by atoms with Crippen LogP contribution in [-0.4, -0.2) is 40.4 Å². The summed E-state index contributed by atoms with van der Waals surface area (Å²) in [4.78, 5) is 11.1. The molecule has 0 saturated carbocycles. The first kappa shape index (κ1) is 23.5.